The van der Waals surface area contributed by atoms with E-state index >= 15 is 0 Å². The van der Waals surface area contributed by atoms with Crippen LogP contribution in [0.25, 0.3) is 11.1 Å². The Hall–Kier alpha value is -1.72. The second-order valence-corrected chi connectivity index (χ2v) is 12.7. The first-order valence-corrected chi connectivity index (χ1v) is 18.5. The molecule has 0 bridgehead atoms. The van der Waals surface area contributed by atoms with Crippen molar-refractivity contribution in [3.63, 3.8) is 0 Å². The van der Waals surface area contributed by atoms with Crippen LogP contribution in [0.2, 0.25) is 0 Å². The normalized spacial score (nSPS) is 11.7. The molecule has 0 saturated carbocycles. The predicted octanol–water partition coefficient (Wildman–Crippen LogP) is 10.5. The van der Waals surface area contributed by atoms with Crippen molar-refractivity contribution in [1.82, 2.24) is 9.80 Å². The molecule has 0 spiro atoms. The summed E-state index contributed by atoms with van der Waals surface area (Å²) in [6.07, 6.45) is 18.5. The van der Waals surface area contributed by atoms with Gasteiger partial charge in [0.1, 0.15) is 0 Å². The highest BCUT2D eigenvalue weighted by Crippen LogP contribution is 2.21. The van der Waals surface area contributed by atoms with Crippen molar-refractivity contribution in [2.75, 3.05) is 52.5 Å². The van der Waals surface area contributed by atoms with Crippen molar-refractivity contribution in [2.24, 2.45) is 0 Å². The third-order valence-electron chi connectivity index (χ3n) is 8.69. The van der Waals surface area contributed by atoms with Crippen molar-refractivity contribution in [3.05, 3.63) is 59.7 Å². The molecule has 2 aromatic rings. The van der Waals surface area contributed by atoms with E-state index in [-0.39, 0.29) is 0 Å². The molecule has 0 N–H and O–H groups in total. The van der Waals surface area contributed by atoms with E-state index in [2.05, 4.69) is 86.0 Å². The Morgan fingerprint density at radius 2 is 0.705 bits per heavy atom. The van der Waals surface area contributed by atoms with Crippen LogP contribution in [0.15, 0.2) is 48.5 Å². The summed E-state index contributed by atoms with van der Waals surface area (Å²) in [5.74, 6) is 0. The minimum Gasteiger partial charge on any atom is -0.375 e. The number of hydrogen-bond acceptors (Lipinski definition) is 4. The fraction of sp³-hybridized carbons (Fsp3) is 0.700. The summed E-state index contributed by atoms with van der Waals surface area (Å²) in [5, 5.41) is 0. The second-order valence-electron chi connectivity index (χ2n) is 12.7. The number of rotatable bonds is 29. The molecule has 0 heterocycles. The van der Waals surface area contributed by atoms with Crippen LogP contribution in [0.5, 0.6) is 0 Å². The van der Waals surface area contributed by atoms with Crippen LogP contribution in [0.3, 0.4) is 0 Å². The minimum absolute atomic E-state index is 0.684. The average Bonchev–Trinajstić information content (AvgIpc) is 3.05. The van der Waals surface area contributed by atoms with Gasteiger partial charge >= 0.3 is 0 Å². The Balaban J connectivity index is 1.71. The summed E-state index contributed by atoms with van der Waals surface area (Å²) >= 11 is 0. The molecule has 4 nitrogen and oxygen atoms in total. The first-order valence-electron chi connectivity index (χ1n) is 18.5. The molecule has 0 radical (unpaired) electrons. The zero-order valence-electron chi connectivity index (χ0n) is 29.3. The van der Waals surface area contributed by atoms with Gasteiger partial charge in [-0.3, -0.25) is 0 Å². The summed E-state index contributed by atoms with van der Waals surface area (Å²) < 4.78 is 12.2. The smallest absolute Gasteiger partial charge is 0.0717 e. The van der Waals surface area contributed by atoms with Gasteiger partial charge in [-0.15, -0.1) is 0 Å². The zero-order valence-corrected chi connectivity index (χ0v) is 29.3. The maximum Gasteiger partial charge on any atom is 0.0717 e. The van der Waals surface area contributed by atoms with Gasteiger partial charge in [0.05, 0.1) is 26.4 Å². The second kappa shape index (κ2) is 26.5. The molecule has 0 amide bonds. The van der Waals surface area contributed by atoms with Gasteiger partial charge in [-0.1, -0.05) is 140 Å². The maximum atomic E-state index is 6.10. The van der Waals surface area contributed by atoms with Gasteiger partial charge in [-0.05, 0) is 74.1 Å². The molecular formula is C40H68N2O2. The Morgan fingerprint density at radius 3 is 1.05 bits per heavy atom. The SMILES string of the molecule is CCCCCCN(CCCCC)CCOCc1ccc(-c2ccc(COCCN(CCCCC)CCCCCC)cc2)cc1. The molecule has 0 aliphatic rings. The largest absolute Gasteiger partial charge is 0.375 e. The lowest BCUT2D eigenvalue weighted by atomic mass is 10.0. The molecule has 250 valence electrons. The van der Waals surface area contributed by atoms with Gasteiger partial charge in [0.2, 0.25) is 0 Å². The van der Waals surface area contributed by atoms with E-state index in [0.717, 1.165) is 26.3 Å². The third kappa shape index (κ3) is 18.3. The number of ether oxygens (including phenoxy) is 2. The first-order chi connectivity index (χ1) is 21.7. The summed E-state index contributed by atoms with van der Waals surface area (Å²) in [5.41, 5.74) is 4.99. The molecule has 0 aliphatic carbocycles. The predicted molar refractivity (Wildman–Crippen MR) is 191 cm³/mol. The highest BCUT2D eigenvalue weighted by Gasteiger charge is 2.07. The Morgan fingerprint density at radius 1 is 0.386 bits per heavy atom. The van der Waals surface area contributed by atoms with Gasteiger partial charge in [0.15, 0.2) is 0 Å². The summed E-state index contributed by atoms with van der Waals surface area (Å²) in [6.45, 7) is 19.0. The summed E-state index contributed by atoms with van der Waals surface area (Å²) in [4.78, 5) is 5.23. The van der Waals surface area contributed by atoms with Crippen LogP contribution in [0.4, 0.5) is 0 Å². The molecule has 44 heavy (non-hydrogen) atoms. The van der Waals surface area contributed by atoms with Crippen molar-refractivity contribution in [1.29, 1.82) is 0 Å². The molecule has 2 aromatic carbocycles. The molecule has 4 heteroatoms. The first kappa shape index (κ1) is 38.5. The number of hydrogen-bond donors (Lipinski definition) is 0. The quantitative estimate of drug-likeness (QED) is 0.0858. The van der Waals surface area contributed by atoms with Gasteiger partial charge in [0.25, 0.3) is 0 Å². The van der Waals surface area contributed by atoms with E-state index in [4.69, 9.17) is 9.47 Å². The molecule has 0 fully saturated rings. The number of nitrogens with zero attached hydrogens (tertiary/aromatic N) is 2. The maximum absolute atomic E-state index is 6.10. The van der Waals surface area contributed by atoms with E-state index in [1.165, 1.54) is 138 Å². The molecule has 0 unspecified atom stereocenters. The van der Waals surface area contributed by atoms with Crippen LogP contribution >= 0.6 is 0 Å². The lowest BCUT2D eigenvalue weighted by molar-refractivity contribution is 0.0912. The highest BCUT2D eigenvalue weighted by atomic mass is 16.5. The fourth-order valence-corrected chi connectivity index (χ4v) is 5.72. The standard InChI is InChI=1S/C40H68N2O2/c1-5-9-13-17-29-41(27-15-11-7-3)31-33-43-35-37-19-23-39(24-20-37)40-25-21-38(22-26-40)36-44-34-32-42(28-16-12-8-4)30-18-14-10-6-2/h19-26H,5-18,27-36H2,1-4H3. The van der Waals surface area contributed by atoms with Crippen LogP contribution in [0, 0.1) is 0 Å². The van der Waals surface area contributed by atoms with Gasteiger partial charge < -0.3 is 19.3 Å². The van der Waals surface area contributed by atoms with Crippen LogP contribution < -0.4 is 0 Å². The Bertz CT molecular complexity index is 823. The molecule has 0 aliphatic heterocycles. The number of unbranched alkanes of at least 4 members (excludes halogenated alkanes) is 10. The third-order valence-corrected chi connectivity index (χ3v) is 8.69. The van der Waals surface area contributed by atoms with Crippen molar-refractivity contribution in [3.8, 4) is 11.1 Å². The van der Waals surface area contributed by atoms with Crippen LogP contribution in [-0.4, -0.2) is 62.3 Å². The Labute approximate surface area is 272 Å². The molecule has 0 atom stereocenters. The van der Waals surface area contributed by atoms with E-state index in [9.17, 15) is 0 Å². The van der Waals surface area contributed by atoms with Crippen molar-refractivity contribution in [2.45, 2.75) is 131 Å². The van der Waals surface area contributed by atoms with Gasteiger partial charge in [-0.2, -0.15) is 0 Å². The van der Waals surface area contributed by atoms with Gasteiger partial charge in [0, 0.05) is 13.1 Å². The van der Waals surface area contributed by atoms with Crippen LogP contribution in [-0.2, 0) is 22.7 Å². The summed E-state index contributed by atoms with van der Waals surface area (Å²) in [7, 11) is 0. The summed E-state index contributed by atoms with van der Waals surface area (Å²) in [6, 6.07) is 17.8. The average molecular weight is 609 g/mol. The fourth-order valence-electron chi connectivity index (χ4n) is 5.72. The van der Waals surface area contributed by atoms with E-state index < -0.39 is 0 Å². The molecule has 0 aromatic heterocycles. The van der Waals surface area contributed by atoms with E-state index in [0.29, 0.717) is 13.2 Å². The van der Waals surface area contributed by atoms with Crippen molar-refractivity contribution >= 4 is 0 Å². The lowest BCUT2D eigenvalue weighted by Crippen LogP contribution is -2.29. The van der Waals surface area contributed by atoms with E-state index in [1.807, 2.05) is 0 Å². The minimum atomic E-state index is 0.684. The van der Waals surface area contributed by atoms with Crippen molar-refractivity contribution < 1.29 is 9.47 Å². The van der Waals surface area contributed by atoms with Gasteiger partial charge in [-0.25, -0.2) is 0 Å². The zero-order chi connectivity index (χ0) is 31.5. The molecule has 0 saturated heterocycles. The molecule has 2 rings (SSSR count). The Kier molecular flexibility index (Phi) is 23.2. The molecular weight excluding hydrogens is 540 g/mol. The van der Waals surface area contributed by atoms with Crippen LogP contribution in [0.1, 0.15) is 129 Å². The highest BCUT2D eigenvalue weighted by molar-refractivity contribution is 5.63. The lowest BCUT2D eigenvalue weighted by Gasteiger charge is -2.22. The topological polar surface area (TPSA) is 24.9 Å². The van der Waals surface area contributed by atoms with E-state index in [1.54, 1.807) is 0 Å². The monoisotopic (exact) mass is 609 g/mol. The number of benzene rings is 2.